The molecule has 0 fully saturated rings. The van der Waals surface area contributed by atoms with E-state index in [1.54, 1.807) is 12.1 Å². The molecular formula is C24H17BO3. The van der Waals surface area contributed by atoms with E-state index in [0.717, 1.165) is 44.2 Å². The Hall–Kier alpha value is -3.34. The van der Waals surface area contributed by atoms with Crippen molar-refractivity contribution < 1.29 is 14.5 Å². The predicted molar refractivity (Wildman–Crippen MR) is 114 cm³/mol. The van der Waals surface area contributed by atoms with Crippen LogP contribution in [-0.4, -0.2) is 17.2 Å². The third-order valence-corrected chi connectivity index (χ3v) is 5.10. The minimum atomic E-state index is -1.50. The Balaban J connectivity index is 1.71. The number of furan rings is 1. The molecular weight excluding hydrogens is 347 g/mol. The Morgan fingerprint density at radius 3 is 2.21 bits per heavy atom. The molecule has 0 unspecified atom stereocenters. The maximum atomic E-state index is 9.49. The first-order valence-electron chi connectivity index (χ1n) is 9.18. The normalized spacial score (nSPS) is 11.2. The van der Waals surface area contributed by atoms with Crippen molar-refractivity contribution in [2.45, 2.75) is 0 Å². The molecule has 0 aliphatic heterocycles. The maximum absolute atomic E-state index is 9.49. The van der Waals surface area contributed by atoms with Gasteiger partial charge in [0, 0.05) is 16.3 Å². The van der Waals surface area contributed by atoms with Crippen LogP contribution in [0.5, 0.6) is 0 Å². The van der Waals surface area contributed by atoms with Crippen LogP contribution in [0.15, 0.2) is 95.4 Å². The molecule has 0 saturated heterocycles. The lowest BCUT2D eigenvalue weighted by molar-refractivity contribution is 0.426. The highest BCUT2D eigenvalue weighted by atomic mass is 16.4. The second-order valence-corrected chi connectivity index (χ2v) is 6.86. The standard InChI is InChI=1S/C24H17BO3/c26-25(27)19-9-4-8-18(14-19)20-10-5-11-22-21-13-12-17(15-23(21)28-24(20)22)16-6-2-1-3-7-16/h1-15,26-27H. The summed E-state index contributed by atoms with van der Waals surface area (Å²) in [5.74, 6) is 0. The Bertz CT molecular complexity index is 1290. The number of fused-ring (bicyclic) bond motifs is 3. The molecule has 28 heavy (non-hydrogen) atoms. The van der Waals surface area contributed by atoms with Crippen molar-refractivity contribution in [3.63, 3.8) is 0 Å². The number of rotatable bonds is 3. The second kappa shape index (κ2) is 6.68. The van der Waals surface area contributed by atoms with Crippen molar-refractivity contribution in [1.82, 2.24) is 0 Å². The summed E-state index contributed by atoms with van der Waals surface area (Å²) >= 11 is 0. The summed E-state index contributed by atoms with van der Waals surface area (Å²) in [4.78, 5) is 0. The maximum Gasteiger partial charge on any atom is 0.488 e. The van der Waals surface area contributed by atoms with Crippen molar-refractivity contribution in [3.05, 3.63) is 91.0 Å². The minimum Gasteiger partial charge on any atom is -0.455 e. The van der Waals surface area contributed by atoms with Gasteiger partial charge in [0.1, 0.15) is 11.2 Å². The van der Waals surface area contributed by atoms with Gasteiger partial charge in [0.15, 0.2) is 0 Å². The second-order valence-electron chi connectivity index (χ2n) is 6.86. The summed E-state index contributed by atoms with van der Waals surface area (Å²) in [6.45, 7) is 0. The molecule has 3 nitrogen and oxygen atoms in total. The van der Waals surface area contributed by atoms with Gasteiger partial charge in [-0.15, -0.1) is 0 Å². The van der Waals surface area contributed by atoms with Crippen molar-refractivity contribution in [2.75, 3.05) is 0 Å². The number of hydrogen-bond donors (Lipinski definition) is 2. The molecule has 1 heterocycles. The first-order valence-corrected chi connectivity index (χ1v) is 9.18. The van der Waals surface area contributed by atoms with Gasteiger partial charge in [0.2, 0.25) is 0 Å². The average molecular weight is 364 g/mol. The van der Waals surface area contributed by atoms with Gasteiger partial charge in [0.25, 0.3) is 0 Å². The summed E-state index contributed by atoms with van der Waals surface area (Å²) in [6.07, 6.45) is 0. The summed E-state index contributed by atoms with van der Waals surface area (Å²) < 4.78 is 6.28. The Morgan fingerprint density at radius 2 is 1.39 bits per heavy atom. The third kappa shape index (κ3) is 2.80. The van der Waals surface area contributed by atoms with E-state index in [-0.39, 0.29) is 0 Å². The van der Waals surface area contributed by atoms with Gasteiger partial charge < -0.3 is 14.5 Å². The summed E-state index contributed by atoms with van der Waals surface area (Å²) in [5, 5.41) is 21.1. The first-order chi connectivity index (χ1) is 13.7. The van der Waals surface area contributed by atoms with Crippen molar-refractivity contribution in [2.24, 2.45) is 0 Å². The smallest absolute Gasteiger partial charge is 0.455 e. The van der Waals surface area contributed by atoms with Crippen molar-refractivity contribution in [3.8, 4) is 22.3 Å². The minimum absolute atomic E-state index is 0.456. The molecule has 0 bridgehead atoms. The number of para-hydroxylation sites is 1. The van der Waals surface area contributed by atoms with Gasteiger partial charge in [-0.3, -0.25) is 0 Å². The molecule has 0 aliphatic carbocycles. The van der Waals surface area contributed by atoms with Crippen LogP contribution < -0.4 is 5.46 Å². The zero-order chi connectivity index (χ0) is 19.1. The Labute approximate surface area is 162 Å². The monoisotopic (exact) mass is 364 g/mol. The highest BCUT2D eigenvalue weighted by Crippen LogP contribution is 2.37. The van der Waals surface area contributed by atoms with Gasteiger partial charge >= 0.3 is 7.12 Å². The molecule has 0 spiro atoms. The van der Waals surface area contributed by atoms with E-state index in [0.29, 0.717) is 5.46 Å². The molecule has 5 aromatic rings. The van der Waals surface area contributed by atoms with Gasteiger partial charge in [-0.1, -0.05) is 78.9 Å². The fraction of sp³-hybridized carbons (Fsp3) is 0. The lowest BCUT2D eigenvalue weighted by Crippen LogP contribution is -2.29. The van der Waals surface area contributed by atoms with E-state index in [1.807, 2.05) is 42.5 Å². The third-order valence-electron chi connectivity index (χ3n) is 5.10. The van der Waals surface area contributed by atoms with Crippen molar-refractivity contribution >= 4 is 34.5 Å². The van der Waals surface area contributed by atoms with E-state index < -0.39 is 7.12 Å². The quantitative estimate of drug-likeness (QED) is 0.460. The molecule has 1 aromatic heterocycles. The fourth-order valence-electron chi connectivity index (χ4n) is 3.70. The molecule has 134 valence electrons. The van der Waals surface area contributed by atoms with E-state index in [4.69, 9.17) is 4.42 Å². The van der Waals surface area contributed by atoms with Gasteiger partial charge in [-0.05, 0) is 34.3 Å². The van der Waals surface area contributed by atoms with Crippen LogP contribution in [0.25, 0.3) is 44.2 Å². The lowest BCUT2D eigenvalue weighted by atomic mass is 9.79. The van der Waals surface area contributed by atoms with E-state index in [1.165, 1.54) is 0 Å². The average Bonchev–Trinajstić information content (AvgIpc) is 3.12. The summed E-state index contributed by atoms with van der Waals surface area (Å²) in [5.41, 5.74) is 6.16. The first kappa shape index (κ1) is 16.8. The molecule has 2 N–H and O–H groups in total. The molecule has 4 aromatic carbocycles. The topological polar surface area (TPSA) is 53.6 Å². The van der Waals surface area contributed by atoms with Crippen LogP contribution in [0.4, 0.5) is 0 Å². The largest absolute Gasteiger partial charge is 0.488 e. The zero-order valence-electron chi connectivity index (χ0n) is 15.0. The summed E-state index contributed by atoms with van der Waals surface area (Å²) in [6, 6.07) is 29.8. The molecule has 5 rings (SSSR count). The van der Waals surface area contributed by atoms with Crippen molar-refractivity contribution in [1.29, 1.82) is 0 Å². The highest BCUT2D eigenvalue weighted by Gasteiger charge is 2.15. The van der Waals surface area contributed by atoms with Crippen LogP contribution in [0, 0.1) is 0 Å². The molecule has 4 heteroatoms. The Kier molecular flexibility index (Phi) is 4.01. The van der Waals surface area contributed by atoms with Crippen LogP contribution >= 0.6 is 0 Å². The van der Waals surface area contributed by atoms with Gasteiger partial charge in [-0.25, -0.2) is 0 Å². The van der Waals surface area contributed by atoms with Crippen LogP contribution in [0.1, 0.15) is 0 Å². The molecule has 0 saturated carbocycles. The number of benzene rings is 4. The molecule has 0 aliphatic rings. The lowest BCUT2D eigenvalue weighted by Gasteiger charge is -2.05. The summed E-state index contributed by atoms with van der Waals surface area (Å²) in [7, 11) is -1.50. The highest BCUT2D eigenvalue weighted by molar-refractivity contribution is 6.58. The SMILES string of the molecule is OB(O)c1cccc(-c2cccc3c2oc2cc(-c4ccccc4)ccc23)c1. The van der Waals surface area contributed by atoms with Gasteiger partial charge in [0.05, 0.1) is 0 Å². The molecule has 0 atom stereocenters. The van der Waals surface area contributed by atoms with Crippen LogP contribution in [0.3, 0.4) is 0 Å². The molecule has 0 radical (unpaired) electrons. The predicted octanol–water partition coefficient (Wildman–Crippen LogP) is 4.60. The Morgan fingerprint density at radius 1 is 0.607 bits per heavy atom. The number of hydrogen-bond acceptors (Lipinski definition) is 3. The van der Waals surface area contributed by atoms with Crippen LogP contribution in [0.2, 0.25) is 0 Å². The van der Waals surface area contributed by atoms with Crippen LogP contribution in [-0.2, 0) is 0 Å². The van der Waals surface area contributed by atoms with E-state index in [2.05, 4.69) is 36.4 Å². The van der Waals surface area contributed by atoms with E-state index >= 15 is 0 Å². The van der Waals surface area contributed by atoms with E-state index in [9.17, 15) is 10.0 Å². The molecule has 0 amide bonds. The fourth-order valence-corrected chi connectivity index (χ4v) is 3.70. The zero-order valence-corrected chi connectivity index (χ0v) is 15.0. The van der Waals surface area contributed by atoms with Gasteiger partial charge in [-0.2, -0.15) is 0 Å².